The smallest absolute Gasteiger partial charge is 0.246 e. The number of fused-ring (bicyclic) bond motifs is 3. The van der Waals surface area contributed by atoms with Gasteiger partial charge in [0.15, 0.2) is 0 Å². The molecule has 5 aromatic rings. The number of para-hydroxylation sites is 1. The lowest BCUT2D eigenvalue weighted by atomic mass is 9.85. The number of nitrogens with one attached hydrogen (secondary N) is 3. The number of alkyl halides is 1. The van der Waals surface area contributed by atoms with Crippen LogP contribution in [-0.4, -0.2) is 105 Å². The van der Waals surface area contributed by atoms with E-state index in [2.05, 4.69) is 20.6 Å². The van der Waals surface area contributed by atoms with Crippen LogP contribution in [-0.2, 0) is 32.1 Å². The lowest BCUT2D eigenvalue weighted by Crippen LogP contribution is -2.58. The molecule has 2 aliphatic heterocycles. The maximum absolute atomic E-state index is 16.1. The van der Waals surface area contributed by atoms with Gasteiger partial charge in [0.25, 0.3) is 0 Å². The molecule has 1 saturated carbocycles. The van der Waals surface area contributed by atoms with Crippen molar-refractivity contribution in [1.29, 1.82) is 0 Å². The third kappa shape index (κ3) is 11.0. The number of hydrogen-bond donors (Lipinski definition) is 4. The van der Waals surface area contributed by atoms with E-state index in [-0.39, 0.29) is 69.1 Å². The fourth-order valence-corrected chi connectivity index (χ4v) is 10.2. The van der Waals surface area contributed by atoms with Crippen LogP contribution in [0.3, 0.4) is 0 Å². The van der Waals surface area contributed by atoms with Crippen molar-refractivity contribution in [3.05, 3.63) is 106 Å². The molecule has 0 unspecified atom stereocenters. The summed E-state index contributed by atoms with van der Waals surface area (Å²) in [4.78, 5) is 52.6. The molecule has 0 radical (unpaired) electrons. The van der Waals surface area contributed by atoms with Crippen LogP contribution in [0.2, 0.25) is 0 Å². The Bertz CT molecular complexity index is 2550. The highest BCUT2D eigenvalue weighted by Crippen LogP contribution is 2.48. The maximum atomic E-state index is 16.1. The number of aliphatic hydroxyl groups excluding tert-OH is 1. The molecule has 67 heavy (non-hydrogen) atoms. The number of aromatic nitrogens is 2. The molecular weight excluding hydrogens is 882 g/mol. The number of likely N-dealkylation sites (tertiary alicyclic amines) is 1. The number of hydrogen-bond acceptors (Lipinski definition) is 9. The number of thiazole rings is 1. The van der Waals surface area contributed by atoms with Crippen molar-refractivity contribution in [3.8, 4) is 16.2 Å². The first-order valence-electron chi connectivity index (χ1n) is 23.3. The van der Waals surface area contributed by atoms with Gasteiger partial charge in [0.1, 0.15) is 41.7 Å². The van der Waals surface area contributed by atoms with Crippen LogP contribution in [0.5, 0.6) is 5.75 Å². The van der Waals surface area contributed by atoms with E-state index in [1.54, 1.807) is 16.8 Å². The predicted molar refractivity (Wildman–Crippen MR) is 251 cm³/mol. The van der Waals surface area contributed by atoms with Crippen LogP contribution in [0, 0.1) is 24.0 Å². The van der Waals surface area contributed by atoms with Gasteiger partial charge in [-0.3, -0.25) is 19.3 Å². The molecular formula is C51H61F3N6O6S. The van der Waals surface area contributed by atoms with E-state index < -0.39 is 58.8 Å². The predicted octanol–water partition coefficient (Wildman–Crippen LogP) is 8.09. The number of ether oxygens (including phenoxy) is 2. The molecule has 0 spiro atoms. The van der Waals surface area contributed by atoms with Gasteiger partial charge in [-0.05, 0) is 80.5 Å². The summed E-state index contributed by atoms with van der Waals surface area (Å²) in [7, 11) is 0. The molecule has 358 valence electrons. The van der Waals surface area contributed by atoms with Gasteiger partial charge < -0.3 is 35.1 Å². The topological polar surface area (TPSA) is 149 Å². The summed E-state index contributed by atoms with van der Waals surface area (Å²) in [6.45, 7) is 9.84. The number of β-amino-alcohol motifs (C(OH)–C–C–N with tert-alkyl or cyclic N) is 1. The number of unbranched alkanes of at least 4 members (excludes halogenated alkanes) is 2. The molecule has 0 bridgehead atoms. The van der Waals surface area contributed by atoms with E-state index in [9.17, 15) is 19.5 Å². The summed E-state index contributed by atoms with van der Waals surface area (Å²) in [5.41, 5.74) is 5.02. The molecule has 4 heterocycles. The van der Waals surface area contributed by atoms with Crippen molar-refractivity contribution in [2.45, 2.75) is 122 Å². The normalized spacial score (nSPS) is 20.7. The van der Waals surface area contributed by atoms with Crippen LogP contribution in [0.1, 0.15) is 100 Å². The van der Waals surface area contributed by atoms with Crippen molar-refractivity contribution < 1.29 is 42.1 Å². The van der Waals surface area contributed by atoms with Gasteiger partial charge in [-0.15, -0.1) is 11.3 Å². The Morgan fingerprint density at radius 1 is 1.03 bits per heavy atom. The number of carbonyl (C=O) groups excluding carboxylic acids is 3. The second-order valence-corrected chi connectivity index (χ2v) is 20.4. The van der Waals surface area contributed by atoms with Crippen LogP contribution in [0.4, 0.5) is 13.2 Å². The van der Waals surface area contributed by atoms with Gasteiger partial charge >= 0.3 is 0 Å². The average Bonchev–Trinajstić information content (AvgIpc) is 3.54. The minimum Gasteiger partial charge on any atom is -0.493 e. The van der Waals surface area contributed by atoms with Crippen molar-refractivity contribution >= 4 is 40.0 Å². The Kier molecular flexibility index (Phi) is 14.5. The average molecular weight is 943 g/mol. The second kappa shape index (κ2) is 20.1. The molecule has 2 aromatic heterocycles. The fraction of sp³-hybridized carbons (Fsp3) is 0.490. The third-order valence-corrected chi connectivity index (χ3v) is 14.2. The molecule has 16 heteroatoms. The molecule has 3 aliphatic rings. The molecule has 1 saturated heterocycles. The summed E-state index contributed by atoms with van der Waals surface area (Å²) < 4.78 is 58.9. The van der Waals surface area contributed by atoms with Gasteiger partial charge in [-0.1, -0.05) is 63.2 Å². The summed E-state index contributed by atoms with van der Waals surface area (Å²) >= 11 is 1.56. The van der Waals surface area contributed by atoms with Gasteiger partial charge in [-0.2, -0.15) is 0 Å². The van der Waals surface area contributed by atoms with Gasteiger partial charge in [0, 0.05) is 73.0 Å². The lowest BCUT2D eigenvalue weighted by molar-refractivity contribution is -0.144. The SMILES string of the molecule is Cc1ncsc1-c1ccc(CNC(=O)[C@@H]2C[C@@H](O)CN2C(=O)[C@@H](NC(=O)COCCCCCOc2cc(F)c([C@@H]3c4[nH]c5ccccc5c4C[C@@H](C)N3CC3(F)CC3)c(F)c2)C(C)(C)C)cc1. The summed E-state index contributed by atoms with van der Waals surface area (Å²) in [6.07, 6.45) is 2.48. The van der Waals surface area contributed by atoms with E-state index in [4.69, 9.17) is 9.47 Å². The number of aromatic amines is 1. The number of nitrogens with zero attached hydrogens (tertiary/aromatic N) is 3. The number of H-pyrrole nitrogens is 1. The summed E-state index contributed by atoms with van der Waals surface area (Å²) in [6, 6.07) is 15.1. The summed E-state index contributed by atoms with van der Waals surface area (Å²) in [5, 5.41) is 17.3. The van der Waals surface area contributed by atoms with Crippen LogP contribution in [0.25, 0.3) is 21.3 Å². The van der Waals surface area contributed by atoms with Crippen LogP contribution >= 0.6 is 11.3 Å². The Hall–Kier alpha value is -5.29. The molecule has 12 nitrogen and oxygen atoms in total. The highest BCUT2D eigenvalue weighted by atomic mass is 32.1. The molecule has 3 amide bonds. The number of halogens is 3. The molecule has 8 rings (SSSR count). The summed E-state index contributed by atoms with van der Waals surface area (Å²) in [5.74, 6) is -2.80. The first-order chi connectivity index (χ1) is 32.0. The van der Waals surface area contributed by atoms with E-state index in [0.29, 0.717) is 44.2 Å². The Labute approximate surface area is 393 Å². The maximum Gasteiger partial charge on any atom is 0.246 e. The number of carbonyl (C=O) groups is 3. The second-order valence-electron chi connectivity index (χ2n) is 19.5. The molecule has 1 aliphatic carbocycles. The number of amides is 3. The van der Waals surface area contributed by atoms with Crippen LogP contribution in [0.15, 0.2) is 66.2 Å². The zero-order valence-corrected chi connectivity index (χ0v) is 39.6. The Morgan fingerprint density at radius 2 is 1.75 bits per heavy atom. The molecule has 5 atom stereocenters. The van der Waals surface area contributed by atoms with E-state index >= 15 is 13.2 Å². The van der Waals surface area contributed by atoms with E-state index in [1.807, 2.05) is 88.0 Å². The van der Waals surface area contributed by atoms with Crippen molar-refractivity contribution in [2.75, 3.05) is 32.9 Å². The van der Waals surface area contributed by atoms with Gasteiger partial charge in [-0.25, -0.2) is 18.2 Å². The number of benzene rings is 3. The standard InChI is InChI=1S/C51H61F3N6O6S/c1-30-21-37-36-11-7-8-12-40(36)57-44(37)45(60(30)28-51(54)17-18-51)43-38(52)23-35(24-39(43)53)66-20-10-6-9-19-65-27-42(62)58-47(50(3,4)5)49(64)59-26-34(61)22-41(59)48(63)55-25-32-13-15-33(16-14-32)46-31(2)56-29-67-46/h7-8,11-16,23-24,29-30,34,41,45,47,57,61H,6,9-10,17-22,25-28H2,1-5H3,(H,55,63)(H,58,62)/t30-,34-,41+,45-,47-/m1/s1. The largest absolute Gasteiger partial charge is 0.493 e. The first kappa shape index (κ1) is 48.2. The zero-order valence-electron chi connectivity index (χ0n) is 38.8. The third-order valence-electron chi connectivity index (χ3n) is 13.2. The van der Waals surface area contributed by atoms with E-state index in [1.165, 1.54) is 17.0 Å². The van der Waals surface area contributed by atoms with Crippen LogP contribution < -0.4 is 15.4 Å². The molecule has 2 fully saturated rings. The van der Waals surface area contributed by atoms with Crippen molar-refractivity contribution in [3.63, 3.8) is 0 Å². The zero-order chi connectivity index (χ0) is 47.6. The Balaban J connectivity index is 0.788. The lowest BCUT2D eigenvalue weighted by Gasteiger charge is -2.41. The van der Waals surface area contributed by atoms with Crippen molar-refractivity contribution in [2.24, 2.45) is 5.41 Å². The highest BCUT2D eigenvalue weighted by molar-refractivity contribution is 7.13. The number of aliphatic hydroxyl groups is 1. The van der Waals surface area contributed by atoms with E-state index in [0.717, 1.165) is 38.2 Å². The Morgan fingerprint density at radius 3 is 2.43 bits per heavy atom. The number of aryl methyl sites for hydroxylation is 1. The molecule has 3 aromatic carbocycles. The monoisotopic (exact) mass is 942 g/mol. The number of rotatable bonds is 18. The minimum absolute atomic E-state index is 0.0368. The van der Waals surface area contributed by atoms with Gasteiger partial charge in [0.05, 0.1) is 34.8 Å². The highest BCUT2D eigenvalue weighted by Gasteiger charge is 2.49. The fourth-order valence-electron chi connectivity index (χ4n) is 9.41. The quantitative estimate of drug-likeness (QED) is 0.0645. The van der Waals surface area contributed by atoms with Gasteiger partial charge in [0.2, 0.25) is 17.7 Å². The first-order valence-corrected chi connectivity index (χ1v) is 24.2. The minimum atomic E-state index is -1.36. The van der Waals surface area contributed by atoms with Crippen molar-refractivity contribution in [1.82, 2.24) is 30.4 Å². The molecule has 4 N–H and O–H groups in total.